The highest BCUT2D eigenvalue weighted by Gasteiger charge is 2.03. The van der Waals surface area contributed by atoms with Crippen molar-refractivity contribution in [3.05, 3.63) is 70.8 Å². The van der Waals surface area contributed by atoms with Crippen LogP contribution in [0.25, 0.3) is 5.57 Å². The summed E-state index contributed by atoms with van der Waals surface area (Å²) < 4.78 is 5.82. The first kappa shape index (κ1) is 13.7. The van der Waals surface area contributed by atoms with Crippen molar-refractivity contribution in [2.24, 2.45) is 0 Å². The van der Waals surface area contributed by atoms with E-state index in [0.29, 0.717) is 6.61 Å². The van der Waals surface area contributed by atoms with Crippen LogP contribution in [-0.2, 0) is 6.61 Å². The largest absolute Gasteiger partial charge is 0.489 e. The van der Waals surface area contributed by atoms with Gasteiger partial charge in [-0.1, -0.05) is 48.0 Å². The fraction of sp³-hybridized carbons (Fsp3) is 0.176. The van der Waals surface area contributed by atoms with Crippen LogP contribution in [-0.4, -0.2) is 0 Å². The first-order valence-corrected chi connectivity index (χ1v) is 6.58. The van der Waals surface area contributed by atoms with Crippen LogP contribution < -0.4 is 4.74 Å². The van der Waals surface area contributed by atoms with E-state index in [4.69, 9.17) is 16.3 Å². The average molecular weight is 273 g/mol. The first-order valence-electron chi connectivity index (χ1n) is 6.20. The van der Waals surface area contributed by atoms with Crippen LogP contribution in [0.3, 0.4) is 0 Å². The van der Waals surface area contributed by atoms with Gasteiger partial charge in [0.25, 0.3) is 0 Å². The molecule has 0 N–H and O–H groups in total. The highest BCUT2D eigenvalue weighted by atomic mass is 35.5. The topological polar surface area (TPSA) is 9.23 Å². The van der Waals surface area contributed by atoms with Crippen LogP contribution in [0.15, 0.2) is 49.0 Å². The van der Waals surface area contributed by atoms with Crippen LogP contribution in [0.2, 0.25) is 5.02 Å². The predicted molar refractivity (Wildman–Crippen MR) is 81.7 cm³/mol. The Labute approximate surface area is 119 Å². The summed E-state index contributed by atoms with van der Waals surface area (Å²) in [5, 5.41) is 0.732. The van der Waals surface area contributed by atoms with Crippen LogP contribution in [0, 0.1) is 6.92 Å². The van der Waals surface area contributed by atoms with E-state index in [1.807, 2.05) is 43.3 Å². The second kappa shape index (κ2) is 5.94. The second-order valence-electron chi connectivity index (χ2n) is 4.70. The average Bonchev–Trinajstić information content (AvgIpc) is 2.37. The third-order valence-electron chi connectivity index (χ3n) is 2.90. The number of benzene rings is 2. The van der Waals surface area contributed by atoms with Gasteiger partial charge in [0, 0.05) is 10.6 Å². The zero-order chi connectivity index (χ0) is 13.8. The number of hydrogen-bond donors (Lipinski definition) is 0. The molecular formula is C17H17ClO. The van der Waals surface area contributed by atoms with E-state index in [0.717, 1.165) is 33.0 Å². The molecule has 0 aliphatic rings. The molecule has 0 radical (unpaired) electrons. The Morgan fingerprint density at radius 1 is 1.21 bits per heavy atom. The van der Waals surface area contributed by atoms with Gasteiger partial charge in [-0.05, 0) is 43.2 Å². The van der Waals surface area contributed by atoms with Gasteiger partial charge in [-0.3, -0.25) is 0 Å². The zero-order valence-electron chi connectivity index (χ0n) is 11.2. The molecule has 0 aromatic heterocycles. The standard InChI is InChI=1S/C17H17ClO/c1-12(2)15-8-13(3)9-16(10-15)19-11-14-6-4-5-7-17(14)18/h4-10H,1,11H2,2-3H3. The molecule has 0 fully saturated rings. The van der Waals surface area contributed by atoms with E-state index in [9.17, 15) is 0 Å². The Kier molecular flexibility index (Phi) is 4.28. The molecular weight excluding hydrogens is 256 g/mol. The molecule has 2 aromatic carbocycles. The molecule has 0 amide bonds. The van der Waals surface area contributed by atoms with Crippen molar-refractivity contribution in [3.63, 3.8) is 0 Å². The highest BCUT2D eigenvalue weighted by Crippen LogP contribution is 2.23. The lowest BCUT2D eigenvalue weighted by Crippen LogP contribution is -1.97. The number of rotatable bonds is 4. The maximum Gasteiger partial charge on any atom is 0.120 e. The van der Waals surface area contributed by atoms with E-state index in [-0.39, 0.29) is 0 Å². The predicted octanol–water partition coefficient (Wildman–Crippen LogP) is 5.26. The van der Waals surface area contributed by atoms with Crippen molar-refractivity contribution >= 4 is 17.2 Å². The summed E-state index contributed by atoms with van der Waals surface area (Å²) in [4.78, 5) is 0. The molecule has 2 heteroatoms. The molecule has 98 valence electrons. The number of ether oxygens (including phenoxy) is 1. The second-order valence-corrected chi connectivity index (χ2v) is 5.10. The van der Waals surface area contributed by atoms with Gasteiger partial charge in [-0.25, -0.2) is 0 Å². The Balaban J connectivity index is 2.16. The SMILES string of the molecule is C=C(C)c1cc(C)cc(OCc2ccccc2Cl)c1. The normalized spacial score (nSPS) is 10.3. The van der Waals surface area contributed by atoms with Gasteiger partial charge in [-0.15, -0.1) is 0 Å². The molecule has 0 saturated carbocycles. The monoisotopic (exact) mass is 272 g/mol. The fourth-order valence-corrected chi connectivity index (χ4v) is 2.04. The van der Waals surface area contributed by atoms with E-state index < -0.39 is 0 Å². The third-order valence-corrected chi connectivity index (χ3v) is 3.26. The molecule has 0 atom stereocenters. The van der Waals surface area contributed by atoms with Gasteiger partial charge >= 0.3 is 0 Å². The molecule has 19 heavy (non-hydrogen) atoms. The maximum absolute atomic E-state index is 6.11. The quantitative estimate of drug-likeness (QED) is 0.738. The van der Waals surface area contributed by atoms with Gasteiger partial charge < -0.3 is 4.74 Å². The van der Waals surface area contributed by atoms with Gasteiger partial charge in [0.1, 0.15) is 12.4 Å². The molecule has 2 rings (SSSR count). The molecule has 1 nitrogen and oxygen atoms in total. The van der Waals surface area contributed by atoms with Crippen LogP contribution >= 0.6 is 11.6 Å². The van der Waals surface area contributed by atoms with Gasteiger partial charge in [0.2, 0.25) is 0 Å². The lowest BCUT2D eigenvalue weighted by Gasteiger charge is -2.10. The van der Waals surface area contributed by atoms with E-state index in [1.165, 1.54) is 0 Å². The van der Waals surface area contributed by atoms with Crippen molar-refractivity contribution in [3.8, 4) is 5.75 Å². The number of halogens is 1. The minimum Gasteiger partial charge on any atom is -0.489 e. The Morgan fingerprint density at radius 2 is 1.95 bits per heavy atom. The summed E-state index contributed by atoms with van der Waals surface area (Å²) in [6.45, 7) is 8.48. The molecule has 0 saturated heterocycles. The summed E-state index contributed by atoms with van der Waals surface area (Å²) in [7, 11) is 0. The molecule has 0 heterocycles. The lowest BCUT2D eigenvalue weighted by molar-refractivity contribution is 0.306. The first-order chi connectivity index (χ1) is 9.06. The molecule has 0 unspecified atom stereocenters. The minimum atomic E-state index is 0.471. The number of allylic oxidation sites excluding steroid dienone is 1. The van der Waals surface area contributed by atoms with Crippen molar-refractivity contribution in [1.29, 1.82) is 0 Å². The maximum atomic E-state index is 6.11. The lowest BCUT2D eigenvalue weighted by atomic mass is 10.1. The van der Waals surface area contributed by atoms with Gasteiger partial charge in [-0.2, -0.15) is 0 Å². The van der Waals surface area contributed by atoms with Crippen LogP contribution in [0.5, 0.6) is 5.75 Å². The van der Waals surface area contributed by atoms with Crippen molar-refractivity contribution < 1.29 is 4.74 Å². The van der Waals surface area contributed by atoms with E-state index in [1.54, 1.807) is 0 Å². The molecule has 0 bridgehead atoms. The smallest absolute Gasteiger partial charge is 0.120 e. The van der Waals surface area contributed by atoms with Crippen molar-refractivity contribution in [1.82, 2.24) is 0 Å². The Hall–Kier alpha value is -1.73. The molecule has 0 spiro atoms. The molecule has 0 aliphatic heterocycles. The summed E-state index contributed by atoms with van der Waals surface area (Å²) >= 11 is 6.11. The summed E-state index contributed by atoms with van der Waals surface area (Å²) in [6.07, 6.45) is 0. The molecule has 0 aliphatic carbocycles. The van der Waals surface area contributed by atoms with Gasteiger partial charge in [0.05, 0.1) is 0 Å². The van der Waals surface area contributed by atoms with E-state index >= 15 is 0 Å². The van der Waals surface area contributed by atoms with Crippen LogP contribution in [0.4, 0.5) is 0 Å². The zero-order valence-corrected chi connectivity index (χ0v) is 12.0. The highest BCUT2D eigenvalue weighted by molar-refractivity contribution is 6.31. The van der Waals surface area contributed by atoms with E-state index in [2.05, 4.69) is 19.6 Å². The number of hydrogen-bond acceptors (Lipinski definition) is 1. The molecule has 2 aromatic rings. The van der Waals surface area contributed by atoms with Gasteiger partial charge in [0.15, 0.2) is 0 Å². The van der Waals surface area contributed by atoms with Crippen LogP contribution in [0.1, 0.15) is 23.6 Å². The number of aryl methyl sites for hydroxylation is 1. The Morgan fingerprint density at radius 3 is 2.63 bits per heavy atom. The summed E-state index contributed by atoms with van der Waals surface area (Å²) in [6, 6.07) is 13.8. The third kappa shape index (κ3) is 3.62. The summed E-state index contributed by atoms with van der Waals surface area (Å²) in [5.74, 6) is 0.845. The Bertz CT molecular complexity index is 602. The van der Waals surface area contributed by atoms with Crippen molar-refractivity contribution in [2.45, 2.75) is 20.5 Å². The summed E-state index contributed by atoms with van der Waals surface area (Å²) in [5.41, 5.74) is 4.29. The minimum absolute atomic E-state index is 0.471. The van der Waals surface area contributed by atoms with Crippen molar-refractivity contribution in [2.75, 3.05) is 0 Å². The fourth-order valence-electron chi connectivity index (χ4n) is 1.85.